The number of amides is 2. The molecule has 0 fully saturated rings. The van der Waals surface area contributed by atoms with Gasteiger partial charge in [-0.2, -0.15) is 0 Å². The number of fused-ring (bicyclic) bond motifs is 1. The highest BCUT2D eigenvalue weighted by molar-refractivity contribution is 6.05. The molecular weight excluding hydrogens is 318 g/mol. The van der Waals surface area contributed by atoms with E-state index >= 15 is 0 Å². The molecule has 0 spiro atoms. The van der Waals surface area contributed by atoms with Crippen molar-refractivity contribution in [3.8, 4) is 0 Å². The van der Waals surface area contributed by atoms with Gasteiger partial charge in [0.05, 0.1) is 5.56 Å². The lowest BCUT2D eigenvalue weighted by Gasteiger charge is -2.15. The van der Waals surface area contributed by atoms with E-state index in [0.717, 1.165) is 36.9 Å². The van der Waals surface area contributed by atoms with Crippen LogP contribution in [0.5, 0.6) is 0 Å². The van der Waals surface area contributed by atoms with E-state index in [1.54, 1.807) is 30.5 Å². The molecule has 0 unspecified atom stereocenters. The largest absolute Gasteiger partial charge is 0.321 e. The summed E-state index contributed by atoms with van der Waals surface area (Å²) in [4.78, 5) is 28.1. The lowest BCUT2D eigenvalue weighted by Crippen LogP contribution is -2.16. The number of anilines is 1. The minimum Gasteiger partial charge on any atom is -0.321 e. The molecule has 0 saturated carbocycles. The Morgan fingerprint density at radius 3 is 2.80 bits per heavy atom. The molecule has 0 bridgehead atoms. The van der Waals surface area contributed by atoms with E-state index in [0.29, 0.717) is 16.8 Å². The number of nitrogens with one attached hydrogen (secondary N) is 2. The van der Waals surface area contributed by atoms with Gasteiger partial charge in [-0.1, -0.05) is 18.2 Å². The monoisotopic (exact) mass is 337 g/mol. The molecule has 1 aromatic heterocycles. The predicted molar refractivity (Wildman–Crippen MR) is 94.2 cm³/mol. The Hall–Kier alpha value is -2.99. The Labute approximate surface area is 145 Å². The van der Waals surface area contributed by atoms with Crippen molar-refractivity contribution in [3.63, 3.8) is 0 Å². The Bertz CT molecular complexity index is 830. The van der Waals surface area contributed by atoms with E-state index in [1.165, 1.54) is 17.6 Å². The summed E-state index contributed by atoms with van der Waals surface area (Å²) >= 11 is 0. The van der Waals surface area contributed by atoms with E-state index in [9.17, 15) is 9.59 Å². The zero-order valence-corrected chi connectivity index (χ0v) is 13.7. The number of benzene rings is 1. The maximum Gasteiger partial charge on any atom is 0.267 e. The van der Waals surface area contributed by atoms with Crippen LogP contribution in [-0.4, -0.2) is 22.0 Å². The summed E-state index contributed by atoms with van der Waals surface area (Å²) in [6, 6.07) is 9.02. The van der Waals surface area contributed by atoms with Gasteiger partial charge in [0.1, 0.15) is 0 Å². The highest BCUT2D eigenvalue weighted by Crippen LogP contribution is 2.22. The van der Waals surface area contributed by atoms with Gasteiger partial charge in [0, 0.05) is 23.7 Å². The third kappa shape index (κ3) is 4.10. The second kappa shape index (κ2) is 7.72. The molecule has 25 heavy (non-hydrogen) atoms. The van der Waals surface area contributed by atoms with Crippen LogP contribution in [0.1, 0.15) is 40.0 Å². The van der Waals surface area contributed by atoms with Gasteiger partial charge < -0.3 is 5.32 Å². The number of hydrogen-bond acceptors (Lipinski definition) is 4. The molecule has 0 saturated heterocycles. The molecule has 128 valence electrons. The molecule has 0 radical (unpaired) electrons. The summed E-state index contributed by atoms with van der Waals surface area (Å²) in [6.45, 7) is 0. The number of carbonyl (C=O) groups excluding carboxylic acids is 2. The molecule has 2 amide bonds. The number of pyridine rings is 1. The molecule has 0 atom stereocenters. The maximum absolute atomic E-state index is 12.6. The van der Waals surface area contributed by atoms with Gasteiger partial charge in [0.25, 0.3) is 11.8 Å². The van der Waals surface area contributed by atoms with Gasteiger partial charge in [0.2, 0.25) is 0 Å². The lowest BCUT2D eigenvalue weighted by atomic mass is 9.95. The number of hydroxylamine groups is 1. The SMILES string of the molecule is O=C(/C=C/c1ccccc1NC(=O)c1cnc2c(c1)CCCC2)NO. The Morgan fingerprint density at radius 1 is 1.16 bits per heavy atom. The summed E-state index contributed by atoms with van der Waals surface area (Å²) in [5.41, 5.74) is 5.51. The standard InChI is InChI=1S/C19H19N3O3/c23-18(22-25)10-9-13-5-1-4-8-17(13)21-19(24)15-11-14-6-2-3-7-16(14)20-12-15/h1,4-5,8-12,25H,2-3,6-7H2,(H,21,24)(H,22,23)/b10-9+. The summed E-state index contributed by atoms with van der Waals surface area (Å²) < 4.78 is 0. The first-order chi connectivity index (χ1) is 12.2. The lowest BCUT2D eigenvalue weighted by molar-refractivity contribution is -0.124. The Kier molecular flexibility index (Phi) is 5.20. The minimum absolute atomic E-state index is 0.242. The first kappa shape index (κ1) is 16.9. The first-order valence-electron chi connectivity index (χ1n) is 8.17. The summed E-state index contributed by atoms with van der Waals surface area (Å²) in [5.74, 6) is -0.881. The minimum atomic E-state index is -0.639. The molecule has 6 heteroatoms. The van der Waals surface area contributed by atoms with Crippen molar-refractivity contribution in [2.45, 2.75) is 25.7 Å². The van der Waals surface area contributed by atoms with Gasteiger partial charge in [-0.05, 0) is 55.0 Å². The summed E-state index contributed by atoms with van der Waals surface area (Å²) in [7, 11) is 0. The smallest absolute Gasteiger partial charge is 0.267 e. The van der Waals surface area contributed by atoms with Crippen molar-refractivity contribution in [2.75, 3.05) is 5.32 Å². The Balaban J connectivity index is 1.79. The first-order valence-corrected chi connectivity index (χ1v) is 8.17. The average Bonchev–Trinajstić information content (AvgIpc) is 2.66. The van der Waals surface area contributed by atoms with Crippen LogP contribution >= 0.6 is 0 Å². The normalized spacial score (nSPS) is 13.3. The predicted octanol–water partition coefficient (Wildman–Crippen LogP) is 2.73. The zero-order chi connectivity index (χ0) is 17.6. The maximum atomic E-state index is 12.6. The average molecular weight is 337 g/mol. The summed E-state index contributed by atoms with van der Waals surface area (Å²) in [5, 5.41) is 11.4. The molecule has 1 aliphatic rings. The van der Waals surface area contributed by atoms with E-state index < -0.39 is 5.91 Å². The van der Waals surface area contributed by atoms with Crippen molar-refractivity contribution in [1.82, 2.24) is 10.5 Å². The van der Waals surface area contributed by atoms with Gasteiger partial charge >= 0.3 is 0 Å². The van der Waals surface area contributed by atoms with Crippen LogP contribution in [-0.2, 0) is 17.6 Å². The number of aryl methyl sites for hydroxylation is 2. The second-order valence-corrected chi connectivity index (χ2v) is 5.89. The zero-order valence-electron chi connectivity index (χ0n) is 13.7. The van der Waals surface area contributed by atoms with Crippen LogP contribution in [0.25, 0.3) is 6.08 Å². The molecule has 3 N–H and O–H groups in total. The van der Waals surface area contributed by atoms with Crippen LogP contribution < -0.4 is 10.8 Å². The van der Waals surface area contributed by atoms with Crippen molar-refractivity contribution >= 4 is 23.6 Å². The van der Waals surface area contributed by atoms with Gasteiger partial charge in [0.15, 0.2) is 0 Å². The van der Waals surface area contributed by atoms with Gasteiger partial charge in [-0.3, -0.25) is 19.8 Å². The van der Waals surface area contributed by atoms with Crippen molar-refractivity contribution < 1.29 is 14.8 Å². The molecule has 2 aromatic rings. The fourth-order valence-electron chi connectivity index (χ4n) is 2.87. The number of hydrogen-bond donors (Lipinski definition) is 3. The fourth-order valence-corrected chi connectivity index (χ4v) is 2.87. The third-order valence-electron chi connectivity index (χ3n) is 4.17. The van der Waals surface area contributed by atoms with E-state index in [2.05, 4.69) is 10.3 Å². The second-order valence-electron chi connectivity index (χ2n) is 5.89. The van der Waals surface area contributed by atoms with Crippen LogP contribution in [0.15, 0.2) is 42.6 Å². The molecule has 6 nitrogen and oxygen atoms in total. The highest BCUT2D eigenvalue weighted by atomic mass is 16.5. The fraction of sp³-hybridized carbons (Fsp3) is 0.211. The van der Waals surface area contributed by atoms with E-state index in [1.807, 2.05) is 6.07 Å². The van der Waals surface area contributed by atoms with Crippen LogP contribution in [0.2, 0.25) is 0 Å². The third-order valence-corrected chi connectivity index (χ3v) is 4.17. The number of rotatable bonds is 4. The van der Waals surface area contributed by atoms with E-state index in [4.69, 9.17) is 5.21 Å². The van der Waals surface area contributed by atoms with E-state index in [-0.39, 0.29) is 5.91 Å². The summed E-state index contributed by atoms with van der Waals surface area (Å²) in [6.07, 6.45) is 8.51. The molecule has 1 aromatic carbocycles. The topological polar surface area (TPSA) is 91.3 Å². The number of para-hydroxylation sites is 1. The number of carbonyl (C=O) groups is 2. The van der Waals surface area contributed by atoms with Crippen molar-refractivity contribution in [3.05, 3.63) is 65.0 Å². The molecular formula is C19H19N3O3. The molecule has 0 aliphatic heterocycles. The van der Waals surface area contributed by atoms with Crippen LogP contribution in [0.4, 0.5) is 5.69 Å². The van der Waals surface area contributed by atoms with Crippen molar-refractivity contribution in [2.24, 2.45) is 0 Å². The highest BCUT2D eigenvalue weighted by Gasteiger charge is 2.14. The van der Waals surface area contributed by atoms with Crippen LogP contribution in [0.3, 0.4) is 0 Å². The van der Waals surface area contributed by atoms with Crippen molar-refractivity contribution in [1.29, 1.82) is 0 Å². The number of aromatic nitrogens is 1. The van der Waals surface area contributed by atoms with Gasteiger partial charge in [-0.25, -0.2) is 5.48 Å². The molecule has 1 heterocycles. The number of nitrogens with zero attached hydrogens (tertiary/aromatic N) is 1. The Morgan fingerprint density at radius 2 is 1.96 bits per heavy atom. The molecule has 3 rings (SSSR count). The van der Waals surface area contributed by atoms with Crippen LogP contribution in [0, 0.1) is 0 Å². The quantitative estimate of drug-likeness (QED) is 0.454. The molecule has 1 aliphatic carbocycles. The van der Waals surface area contributed by atoms with Gasteiger partial charge in [-0.15, -0.1) is 0 Å².